The third kappa shape index (κ3) is 6.34. The van der Waals surface area contributed by atoms with E-state index < -0.39 is 12.1 Å². The number of alkyl carbamates (subject to hydrolysis) is 1. The standard InChI is InChI=1S/C23H29ClN4O3/c1-3-17(2)21(26-23(30)31-16-18-7-5-4-6-8-18)22(29)28-13-11-27(12-14-28)20-10-9-19(24)15-25-20/h4-10,15,17,21H,3,11-14,16H2,1-2H3,(H,26,30)/t17-,21-/m0/s1. The molecule has 2 aromatic rings. The van der Waals surface area contributed by atoms with Crippen LogP contribution in [0.3, 0.4) is 0 Å². The molecule has 2 amide bonds. The lowest BCUT2D eigenvalue weighted by Gasteiger charge is -2.38. The minimum absolute atomic E-state index is 0.00673. The highest BCUT2D eigenvalue weighted by Gasteiger charge is 2.32. The number of benzene rings is 1. The van der Waals surface area contributed by atoms with E-state index >= 15 is 0 Å². The van der Waals surface area contributed by atoms with Crippen LogP contribution in [0.5, 0.6) is 0 Å². The van der Waals surface area contributed by atoms with Crippen LogP contribution in [-0.2, 0) is 16.1 Å². The van der Waals surface area contributed by atoms with Gasteiger partial charge >= 0.3 is 6.09 Å². The smallest absolute Gasteiger partial charge is 0.408 e. The van der Waals surface area contributed by atoms with Crippen molar-refractivity contribution in [1.82, 2.24) is 15.2 Å². The van der Waals surface area contributed by atoms with Crippen LogP contribution in [0, 0.1) is 5.92 Å². The van der Waals surface area contributed by atoms with Gasteiger partial charge in [0.2, 0.25) is 5.91 Å². The van der Waals surface area contributed by atoms with Crippen LogP contribution >= 0.6 is 11.6 Å². The van der Waals surface area contributed by atoms with Crippen molar-refractivity contribution in [2.45, 2.75) is 32.9 Å². The fourth-order valence-electron chi connectivity index (χ4n) is 3.48. The van der Waals surface area contributed by atoms with Gasteiger partial charge in [-0.15, -0.1) is 0 Å². The van der Waals surface area contributed by atoms with Gasteiger partial charge in [0, 0.05) is 32.4 Å². The number of anilines is 1. The number of hydrogen-bond acceptors (Lipinski definition) is 5. The van der Waals surface area contributed by atoms with Crippen molar-refractivity contribution in [3.8, 4) is 0 Å². The molecule has 0 spiro atoms. The first-order valence-corrected chi connectivity index (χ1v) is 11.0. The second-order valence-electron chi connectivity index (χ2n) is 7.72. The van der Waals surface area contributed by atoms with Gasteiger partial charge in [-0.2, -0.15) is 0 Å². The number of piperazine rings is 1. The Morgan fingerprint density at radius 1 is 1.13 bits per heavy atom. The van der Waals surface area contributed by atoms with Crippen molar-refractivity contribution in [1.29, 1.82) is 0 Å². The number of rotatable bonds is 7. The Balaban J connectivity index is 1.55. The monoisotopic (exact) mass is 444 g/mol. The third-order valence-corrected chi connectivity index (χ3v) is 5.82. The van der Waals surface area contributed by atoms with E-state index in [1.807, 2.05) is 56.3 Å². The van der Waals surface area contributed by atoms with Gasteiger partial charge in [0.15, 0.2) is 0 Å². The van der Waals surface area contributed by atoms with Crippen molar-refractivity contribution < 1.29 is 14.3 Å². The molecule has 166 valence electrons. The number of nitrogens with one attached hydrogen (secondary N) is 1. The predicted octanol–water partition coefficient (Wildman–Crippen LogP) is 3.72. The summed E-state index contributed by atoms with van der Waals surface area (Å²) in [4.78, 5) is 33.8. The first kappa shape index (κ1) is 22.9. The van der Waals surface area contributed by atoms with E-state index in [0.717, 1.165) is 17.8 Å². The van der Waals surface area contributed by atoms with E-state index in [9.17, 15) is 9.59 Å². The Morgan fingerprint density at radius 3 is 2.45 bits per heavy atom. The van der Waals surface area contributed by atoms with Crippen LogP contribution in [0.4, 0.5) is 10.6 Å². The Hall–Kier alpha value is -2.80. The molecule has 1 aliphatic rings. The molecule has 2 atom stereocenters. The number of ether oxygens (including phenoxy) is 1. The number of hydrogen-bond donors (Lipinski definition) is 1. The maximum absolute atomic E-state index is 13.2. The molecule has 7 nitrogen and oxygen atoms in total. The molecule has 1 aliphatic heterocycles. The number of halogens is 1. The summed E-state index contributed by atoms with van der Waals surface area (Å²) in [5, 5.41) is 3.39. The van der Waals surface area contributed by atoms with Crippen LogP contribution in [-0.4, -0.2) is 54.1 Å². The average molecular weight is 445 g/mol. The molecule has 2 heterocycles. The molecule has 1 saturated heterocycles. The number of carbonyl (C=O) groups is 2. The molecule has 1 aromatic heterocycles. The molecular formula is C23H29ClN4O3. The zero-order chi connectivity index (χ0) is 22.2. The van der Waals surface area contributed by atoms with Gasteiger partial charge in [0.05, 0.1) is 5.02 Å². The number of amides is 2. The molecule has 0 saturated carbocycles. The fourth-order valence-corrected chi connectivity index (χ4v) is 3.59. The first-order valence-electron chi connectivity index (χ1n) is 10.6. The molecule has 0 radical (unpaired) electrons. The molecule has 3 rings (SSSR count). The summed E-state index contributed by atoms with van der Waals surface area (Å²) in [7, 11) is 0. The van der Waals surface area contributed by atoms with Gasteiger partial charge in [-0.05, 0) is 23.6 Å². The Kier molecular flexibility index (Phi) is 8.12. The van der Waals surface area contributed by atoms with Gasteiger partial charge in [-0.25, -0.2) is 9.78 Å². The molecule has 0 bridgehead atoms. The van der Waals surface area contributed by atoms with Crippen molar-refractivity contribution >= 4 is 29.4 Å². The molecule has 0 unspecified atom stereocenters. The van der Waals surface area contributed by atoms with Crippen molar-refractivity contribution in [2.24, 2.45) is 5.92 Å². The summed E-state index contributed by atoms with van der Waals surface area (Å²) < 4.78 is 5.33. The summed E-state index contributed by atoms with van der Waals surface area (Å²) in [6.45, 7) is 6.62. The Bertz CT molecular complexity index is 855. The van der Waals surface area contributed by atoms with E-state index in [4.69, 9.17) is 16.3 Å². The maximum Gasteiger partial charge on any atom is 0.408 e. The van der Waals surface area contributed by atoms with E-state index in [2.05, 4.69) is 15.2 Å². The number of nitrogens with zero attached hydrogens (tertiary/aromatic N) is 3. The van der Waals surface area contributed by atoms with Crippen molar-refractivity contribution in [3.05, 3.63) is 59.2 Å². The molecular weight excluding hydrogens is 416 g/mol. The van der Waals surface area contributed by atoms with Crippen molar-refractivity contribution in [3.63, 3.8) is 0 Å². The zero-order valence-corrected chi connectivity index (χ0v) is 18.7. The van der Waals surface area contributed by atoms with Gasteiger partial charge in [-0.1, -0.05) is 62.2 Å². The quantitative estimate of drug-likeness (QED) is 0.704. The van der Waals surface area contributed by atoms with Gasteiger partial charge < -0.3 is 19.9 Å². The minimum atomic E-state index is -0.617. The average Bonchev–Trinajstić information content (AvgIpc) is 2.81. The van der Waals surface area contributed by atoms with E-state index in [-0.39, 0.29) is 18.4 Å². The molecule has 8 heteroatoms. The van der Waals surface area contributed by atoms with Crippen LogP contribution in [0.25, 0.3) is 0 Å². The second kappa shape index (κ2) is 11.0. The van der Waals surface area contributed by atoms with Gasteiger partial charge in [0.25, 0.3) is 0 Å². The summed E-state index contributed by atoms with van der Waals surface area (Å²) in [5.41, 5.74) is 0.899. The lowest BCUT2D eigenvalue weighted by molar-refractivity contribution is -0.135. The third-order valence-electron chi connectivity index (χ3n) is 5.59. The van der Waals surface area contributed by atoms with Crippen LogP contribution in [0.2, 0.25) is 5.02 Å². The highest BCUT2D eigenvalue weighted by atomic mass is 35.5. The normalized spacial score (nSPS) is 15.8. The largest absolute Gasteiger partial charge is 0.445 e. The fraction of sp³-hybridized carbons (Fsp3) is 0.435. The van der Waals surface area contributed by atoms with Crippen molar-refractivity contribution in [2.75, 3.05) is 31.1 Å². The Morgan fingerprint density at radius 2 is 1.84 bits per heavy atom. The topological polar surface area (TPSA) is 74.8 Å². The summed E-state index contributed by atoms with van der Waals surface area (Å²) >= 11 is 5.91. The van der Waals surface area contributed by atoms with E-state index in [1.165, 1.54) is 0 Å². The molecule has 1 N–H and O–H groups in total. The van der Waals surface area contributed by atoms with Gasteiger partial charge in [-0.3, -0.25) is 4.79 Å². The van der Waals surface area contributed by atoms with Crippen LogP contribution in [0.1, 0.15) is 25.8 Å². The lowest BCUT2D eigenvalue weighted by atomic mass is 9.97. The number of pyridine rings is 1. The van der Waals surface area contributed by atoms with Gasteiger partial charge in [0.1, 0.15) is 18.5 Å². The molecule has 1 fully saturated rings. The highest BCUT2D eigenvalue weighted by Crippen LogP contribution is 2.18. The maximum atomic E-state index is 13.2. The zero-order valence-electron chi connectivity index (χ0n) is 18.0. The molecule has 0 aliphatic carbocycles. The van der Waals surface area contributed by atoms with E-state index in [1.54, 1.807) is 11.1 Å². The van der Waals surface area contributed by atoms with Crippen LogP contribution in [0.15, 0.2) is 48.7 Å². The summed E-state index contributed by atoms with van der Waals surface area (Å²) in [6.07, 6.45) is 1.81. The summed E-state index contributed by atoms with van der Waals surface area (Å²) in [5.74, 6) is 0.764. The predicted molar refractivity (Wildman–Crippen MR) is 121 cm³/mol. The highest BCUT2D eigenvalue weighted by molar-refractivity contribution is 6.30. The second-order valence-corrected chi connectivity index (χ2v) is 8.15. The molecule has 1 aromatic carbocycles. The Labute approximate surface area is 188 Å². The van der Waals surface area contributed by atoms with Crippen LogP contribution < -0.4 is 10.2 Å². The summed E-state index contributed by atoms with van der Waals surface area (Å²) in [6, 6.07) is 12.5. The SMILES string of the molecule is CC[C@H](C)[C@H](NC(=O)OCc1ccccc1)C(=O)N1CCN(c2ccc(Cl)cn2)CC1. The number of carbonyl (C=O) groups excluding carboxylic acids is 2. The first-order chi connectivity index (χ1) is 15.0. The number of aromatic nitrogens is 1. The van der Waals surface area contributed by atoms with E-state index in [0.29, 0.717) is 31.2 Å². The molecule has 31 heavy (non-hydrogen) atoms. The minimum Gasteiger partial charge on any atom is -0.445 e. The lowest BCUT2D eigenvalue weighted by Crippen LogP contribution is -2.56.